The molecule has 1 spiro atoms. The third kappa shape index (κ3) is 3.62. The van der Waals surface area contributed by atoms with E-state index < -0.39 is 5.41 Å². The second-order valence-electron chi connectivity index (χ2n) is 8.03. The minimum absolute atomic E-state index is 0.0255. The molecule has 1 aliphatic carbocycles. The average molecular weight is 394 g/mol. The second kappa shape index (κ2) is 7.49. The molecule has 3 fully saturated rings. The summed E-state index contributed by atoms with van der Waals surface area (Å²) in [6, 6.07) is 4.75. The maximum atomic E-state index is 14.0. The lowest BCUT2D eigenvalue weighted by atomic mass is 9.85. The molecule has 2 heterocycles. The molecule has 146 valence electrons. The molecule has 0 bridgehead atoms. The molecule has 2 amide bonds. The number of rotatable bonds is 4. The van der Waals surface area contributed by atoms with Crippen LogP contribution in [0.15, 0.2) is 18.2 Å². The monoisotopic (exact) mass is 393 g/mol. The van der Waals surface area contributed by atoms with Crippen molar-refractivity contribution in [3.8, 4) is 0 Å². The predicted octanol–water partition coefficient (Wildman–Crippen LogP) is 2.87. The molecule has 0 unspecified atom stereocenters. The highest BCUT2D eigenvalue weighted by Crippen LogP contribution is 2.46. The lowest BCUT2D eigenvalue weighted by molar-refractivity contribution is -0.144. The van der Waals surface area contributed by atoms with Crippen molar-refractivity contribution in [3.05, 3.63) is 34.6 Å². The van der Waals surface area contributed by atoms with Gasteiger partial charge in [-0.25, -0.2) is 4.39 Å². The van der Waals surface area contributed by atoms with Gasteiger partial charge in [0, 0.05) is 49.7 Å². The number of halogens is 2. The SMILES string of the molecule is O=C1CC2(CCCC2)C(=O)N1CN1CCN(Cc2c(F)cccc2Cl)CC1. The molecule has 0 atom stereocenters. The number of piperazine rings is 1. The van der Waals surface area contributed by atoms with Crippen LogP contribution in [0.4, 0.5) is 4.39 Å². The largest absolute Gasteiger partial charge is 0.296 e. The maximum Gasteiger partial charge on any atom is 0.237 e. The number of nitrogens with zero attached hydrogens (tertiary/aromatic N) is 3. The summed E-state index contributed by atoms with van der Waals surface area (Å²) in [5.74, 6) is -0.270. The van der Waals surface area contributed by atoms with E-state index in [1.807, 2.05) is 0 Å². The van der Waals surface area contributed by atoms with Crippen molar-refractivity contribution in [2.45, 2.75) is 38.6 Å². The van der Waals surface area contributed by atoms with E-state index in [0.717, 1.165) is 51.9 Å². The summed E-state index contributed by atoms with van der Waals surface area (Å²) < 4.78 is 14.0. The third-order valence-electron chi connectivity index (χ3n) is 6.30. The van der Waals surface area contributed by atoms with Crippen LogP contribution in [0.1, 0.15) is 37.7 Å². The molecule has 4 rings (SSSR count). The van der Waals surface area contributed by atoms with Gasteiger partial charge in [-0.2, -0.15) is 0 Å². The number of hydrogen-bond donors (Lipinski definition) is 0. The molecule has 0 aromatic heterocycles. The molecule has 1 aromatic carbocycles. The second-order valence-corrected chi connectivity index (χ2v) is 8.43. The fourth-order valence-electron chi connectivity index (χ4n) is 4.64. The van der Waals surface area contributed by atoms with E-state index in [-0.39, 0.29) is 17.6 Å². The number of amides is 2. The van der Waals surface area contributed by atoms with Crippen LogP contribution in [0.2, 0.25) is 5.02 Å². The van der Waals surface area contributed by atoms with Gasteiger partial charge in [-0.3, -0.25) is 24.3 Å². The van der Waals surface area contributed by atoms with Crippen LogP contribution in [-0.2, 0) is 16.1 Å². The van der Waals surface area contributed by atoms with Gasteiger partial charge < -0.3 is 0 Å². The standard InChI is InChI=1S/C20H25ClFN3O2/c21-16-4-3-5-17(22)15(16)13-23-8-10-24(11-9-23)14-25-18(26)12-20(19(25)27)6-1-2-7-20/h3-5H,1-2,6-14H2. The summed E-state index contributed by atoms with van der Waals surface area (Å²) >= 11 is 6.12. The summed E-state index contributed by atoms with van der Waals surface area (Å²) in [7, 11) is 0. The van der Waals surface area contributed by atoms with Gasteiger partial charge in [0.05, 0.1) is 12.1 Å². The Kier molecular flexibility index (Phi) is 5.23. The zero-order valence-electron chi connectivity index (χ0n) is 15.4. The Balaban J connectivity index is 1.32. The van der Waals surface area contributed by atoms with Crippen LogP contribution in [0, 0.1) is 11.2 Å². The van der Waals surface area contributed by atoms with Crippen molar-refractivity contribution in [1.29, 1.82) is 0 Å². The van der Waals surface area contributed by atoms with Crippen LogP contribution in [-0.4, -0.2) is 59.4 Å². The lowest BCUT2D eigenvalue weighted by Crippen LogP contribution is -2.51. The van der Waals surface area contributed by atoms with Gasteiger partial charge in [0.1, 0.15) is 5.82 Å². The van der Waals surface area contributed by atoms with Gasteiger partial charge in [-0.05, 0) is 25.0 Å². The number of likely N-dealkylation sites (tertiary alicyclic amines) is 1. The average Bonchev–Trinajstić information content (AvgIpc) is 3.21. The number of carbonyl (C=O) groups excluding carboxylic acids is 2. The van der Waals surface area contributed by atoms with Gasteiger partial charge in [-0.15, -0.1) is 0 Å². The summed E-state index contributed by atoms with van der Waals surface area (Å²) in [4.78, 5) is 31.0. The van der Waals surface area contributed by atoms with Crippen molar-refractivity contribution >= 4 is 23.4 Å². The molecule has 2 saturated heterocycles. The van der Waals surface area contributed by atoms with Crippen molar-refractivity contribution < 1.29 is 14.0 Å². The molecule has 1 saturated carbocycles. The highest BCUT2D eigenvalue weighted by atomic mass is 35.5. The highest BCUT2D eigenvalue weighted by molar-refractivity contribution is 6.31. The first kappa shape index (κ1) is 18.8. The zero-order chi connectivity index (χ0) is 19.0. The molecule has 5 nitrogen and oxygen atoms in total. The van der Waals surface area contributed by atoms with E-state index in [4.69, 9.17) is 11.6 Å². The number of carbonyl (C=O) groups is 2. The lowest BCUT2D eigenvalue weighted by Gasteiger charge is -2.36. The van der Waals surface area contributed by atoms with E-state index in [9.17, 15) is 14.0 Å². The number of hydrogen-bond acceptors (Lipinski definition) is 4. The molecule has 7 heteroatoms. The van der Waals surface area contributed by atoms with Crippen LogP contribution >= 0.6 is 11.6 Å². The summed E-state index contributed by atoms with van der Waals surface area (Å²) in [5, 5.41) is 0.451. The quantitative estimate of drug-likeness (QED) is 0.738. The van der Waals surface area contributed by atoms with Crippen LogP contribution in [0.5, 0.6) is 0 Å². The van der Waals surface area contributed by atoms with Gasteiger partial charge in [0.15, 0.2) is 0 Å². The normalized spacial score (nSPS) is 23.7. The van der Waals surface area contributed by atoms with E-state index in [1.54, 1.807) is 12.1 Å². The van der Waals surface area contributed by atoms with Gasteiger partial charge in [0.25, 0.3) is 0 Å². The van der Waals surface area contributed by atoms with Crippen molar-refractivity contribution in [2.75, 3.05) is 32.8 Å². The topological polar surface area (TPSA) is 43.9 Å². The number of benzene rings is 1. The molecular formula is C20H25ClFN3O2. The Labute approximate surface area is 164 Å². The fourth-order valence-corrected chi connectivity index (χ4v) is 4.86. The van der Waals surface area contributed by atoms with E-state index in [1.165, 1.54) is 11.0 Å². The fraction of sp³-hybridized carbons (Fsp3) is 0.600. The predicted molar refractivity (Wildman–Crippen MR) is 100 cm³/mol. The summed E-state index contributed by atoms with van der Waals surface area (Å²) in [6.45, 7) is 3.86. The van der Waals surface area contributed by atoms with E-state index in [2.05, 4.69) is 9.80 Å². The number of imide groups is 1. The smallest absolute Gasteiger partial charge is 0.237 e. The Bertz CT molecular complexity index is 722. The van der Waals surface area contributed by atoms with Gasteiger partial charge in [0.2, 0.25) is 11.8 Å². The van der Waals surface area contributed by atoms with Crippen molar-refractivity contribution in [1.82, 2.24) is 14.7 Å². The maximum absolute atomic E-state index is 14.0. The molecule has 2 aliphatic heterocycles. The molecule has 1 aromatic rings. The van der Waals surface area contributed by atoms with E-state index >= 15 is 0 Å². The van der Waals surface area contributed by atoms with E-state index in [0.29, 0.717) is 30.2 Å². The Morgan fingerprint density at radius 2 is 1.70 bits per heavy atom. The highest BCUT2D eigenvalue weighted by Gasteiger charge is 2.52. The Morgan fingerprint density at radius 3 is 2.37 bits per heavy atom. The van der Waals surface area contributed by atoms with Crippen LogP contribution < -0.4 is 0 Å². The molecule has 0 radical (unpaired) electrons. The molecular weight excluding hydrogens is 369 g/mol. The summed E-state index contributed by atoms with van der Waals surface area (Å²) in [6.07, 6.45) is 4.18. The molecule has 3 aliphatic rings. The first-order valence-corrected chi connectivity index (χ1v) is 10.1. The molecule has 0 N–H and O–H groups in total. The van der Waals surface area contributed by atoms with Crippen molar-refractivity contribution in [2.24, 2.45) is 5.41 Å². The Hall–Kier alpha value is -1.50. The van der Waals surface area contributed by atoms with Gasteiger partial charge in [-0.1, -0.05) is 30.5 Å². The first-order chi connectivity index (χ1) is 13.0. The van der Waals surface area contributed by atoms with Crippen LogP contribution in [0.25, 0.3) is 0 Å². The zero-order valence-corrected chi connectivity index (χ0v) is 16.2. The minimum Gasteiger partial charge on any atom is -0.296 e. The third-order valence-corrected chi connectivity index (χ3v) is 6.65. The summed E-state index contributed by atoms with van der Waals surface area (Å²) in [5.41, 5.74) is 0.126. The van der Waals surface area contributed by atoms with Gasteiger partial charge >= 0.3 is 0 Å². The van der Waals surface area contributed by atoms with Crippen molar-refractivity contribution in [3.63, 3.8) is 0 Å². The molecule has 27 heavy (non-hydrogen) atoms. The minimum atomic E-state index is -0.402. The van der Waals surface area contributed by atoms with Crippen LogP contribution in [0.3, 0.4) is 0 Å². The Morgan fingerprint density at radius 1 is 1.04 bits per heavy atom. The first-order valence-electron chi connectivity index (χ1n) is 9.71.